The Morgan fingerprint density at radius 2 is 1.89 bits per heavy atom. The molecule has 2 heterocycles. The molecule has 0 saturated carbocycles. The SMILES string of the molecule is COC1(OC)C(=O)N(Cc2cc3ccccc3s2)c2ccc(C(N)=O)cc21. The van der Waals surface area contributed by atoms with Crippen LogP contribution in [0.25, 0.3) is 10.1 Å². The van der Waals surface area contributed by atoms with Gasteiger partial charge in [0.25, 0.3) is 11.7 Å². The van der Waals surface area contributed by atoms with Gasteiger partial charge in [-0.1, -0.05) is 18.2 Å². The average molecular weight is 382 g/mol. The molecular weight excluding hydrogens is 364 g/mol. The van der Waals surface area contributed by atoms with Crippen LogP contribution in [0.1, 0.15) is 20.8 Å². The van der Waals surface area contributed by atoms with Gasteiger partial charge in [0.2, 0.25) is 5.91 Å². The zero-order valence-corrected chi connectivity index (χ0v) is 15.7. The van der Waals surface area contributed by atoms with Gasteiger partial charge in [-0.15, -0.1) is 11.3 Å². The molecule has 0 saturated heterocycles. The second kappa shape index (κ2) is 6.45. The summed E-state index contributed by atoms with van der Waals surface area (Å²) < 4.78 is 12.1. The summed E-state index contributed by atoms with van der Waals surface area (Å²) in [6.45, 7) is 0.384. The number of anilines is 1. The Morgan fingerprint density at radius 3 is 2.56 bits per heavy atom. The van der Waals surface area contributed by atoms with Gasteiger partial charge in [0.05, 0.1) is 12.2 Å². The third kappa shape index (κ3) is 2.63. The molecule has 138 valence electrons. The molecule has 3 aromatic rings. The number of hydrogen-bond donors (Lipinski definition) is 1. The Kier molecular flexibility index (Phi) is 4.22. The van der Waals surface area contributed by atoms with Crippen molar-refractivity contribution in [3.05, 3.63) is 64.5 Å². The summed E-state index contributed by atoms with van der Waals surface area (Å²) in [5.41, 5.74) is 6.82. The van der Waals surface area contributed by atoms with Gasteiger partial charge in [-0.2, -0.15) is 0 Å². The van der Waals surface area contributed by atoms with Gasteiger partial charge in [-0.05, 0) is 35.7 Å². The third-order valence-corrected chi connectivity index (χ3v) is 5.92. The number of benzene rings is 2. The molecule has 0 aliphatic carbocycles. The first-order chi connectivity index (χ1) is 13.0. The number of ether oxygens (including phenoxy) is 2. The highest BCUT2D eigenvalue weighted by Crippen LogP contribution is 2.44. The second-order valence-corrected chi connectivity index (χ2v) is 7.43. The van der Waals surface area contributed by atoms with Crippen molar-refractivity contribution in [3.63, 3.8) is 0 Å². The summed E-state index contributed by atoms with van der Waals surface area (Å²) in [5.74, 6) is -2.49. The Bertz CT molecular complexity index is 1020. The van der Waals surface area contributed by atoms with Gasteiger partial charge < -0.3 is 20.1 Å². The molecule has 0 atom stereocenters. The molecule has 27 heavy (non-hydrogen) atoms. The summed E-state index contributed by atoms with van der Waals surface area (Å²) in [6, 6.07) is 15.0. The fourth-order valence-electron chi connectivity index (χ4n) is 3.50. The Balaban J connectivity index is 1.80. The van der Waals surface area contributed by atoms with Crippen molar-refractivity contribution in [2.75, 3.05) is 19.1 Å². The first-order valence-corrected chi connectivity index (χ1v) is 9.16. The van der Waals surface area contributed by atoms with Gasteiger partial charge in [0, 0.05) is 34.9 Å². The maximum absolute atomic E-state index is 13.2. The molecule has 2 aromatic carbocycles. The van der Waals surface area contributed by atoms with E-state index in [9.17, 15) is 9.59 Å². The fourth-order valence-corrected chi connectivity index (χ4v) is 4.55. The molecule has 6 nitrogen and oxygen atoms in total. The van der Waals surface area contributed by atoms with Crippen LogP contribution in [0.3, 0.4) is 0 Å². The molecule has 0 fully saturated rings. The van der Waals surface area contributed by atoms with Crippen LogP contribution in [0, 0.1) is 0 Å². The van der Waals surface area contributed by atoms with Gasteiger partial charge in [0.1, 0.15) is 0 Å². The molecule has 4 rings (SSSR count). The van der Waals surface area contributed by atoms with Crippen LogP contribution >= 0.6 is 11.3 Å². The van der Waals surface area contributed by atoms with E-state index in [-0.39, 0.29) is 5.91 Å². The average Bonchev–Trinajstić information content (AvgIpc) is 3.19. The minimum absolute atomic E-state index is 0.295. The summed E-state index contributed by atoms with van der Waals surface area (Å²) in [4.78, 5) is 27.5. The van der Waals surface area contributed by atoms with E-state index >= 15 is 0 Å². The molecule has 1 aliphatic heterocycles. The summed E-state index contributed by atoms with van der Waals surface area (Å²) in [6.07, 6.45) is 0. The molecule has 0 unspecified atom stereocenters. The number of nitrogens with two attached hydrogens (primary N) is 1. The molecule has 0 bridgehead atoms. The number of primary amides is 1. The number of carbonyl (C=O) groups is 2. The largest absolute Gasteiger partial charge is 0.366 e. The van der Waals surface area contributed by atoms with Crippen LogP contribution in [0.5, 0.6) is 0 Å². The van der Waals surface area contributed by atoms with E-state index in [0.717, 1.165) is 15.0 Å². The topological polar surface area (TPSA) is 81.9 Å². The van der Waals surface area contributed by atoms with E-state index in [1.54, 1.807) is 34.4 Å². The van der Waals surface area contributed by atoms with Gasteiger partial charge in [0.15, 0.2) is 0 Å². The highest BCUT2D eigenvalue weighted by Gasteiger charge is 2.52. The lowest BCUT2D eigenvalue weighted by Gasteiger charge is -2.25. The highest BCUT2D eigenvalue weighted by molar-refractivity contribution is 7.19. The van der Waals surface area contributed by atoms with Crippen molar-refractivity contribution in [2.24, 2.45) is 5.73 Å². The van der Waals surface area contributed by atoms with Crippen LogP contribution in [-0.2, 0) is 26.6 Å². The van der Waals surface area contributed by atoms with E-state index in [1.807, 2.05) is 18.2 Å². The first kappa shape index (κ1) is 17.7. The predicted molar refractivity (Wildman–Crippen MR) is 104 cm³/mol. The number of fused-ring (bicyclic) bond motifs is 2. The standard InChI is InChI=1S/C20H18N2O4S/c1-25-20(26-2)15-10-13(18(21)23)7-8-16(15)22(19(20)24)11-14-9-12-5-3-4-6-17(12)27-14/h3-10H,11H2,1-2H3,(H2,21,23). The highest BCUT2D eigenvalue weighted by atomic mass is 32.1. The monoisotopic (exact) mass is 382 g/mol. The van der Waals surface area contributed by atoms with Crippen molar-refractivity contribution in [2.45, 2.75) is 12.3 Å². The van der Waals surface area contributed by atoms with Gasteiger partial charge in [-0.3, -0.25) is 9.59 Å². The lowest BCUT2D eigenvalue weighted by atomic mass is 10.0. The Hall–Kier alpha value is -2.74. The smallest absolute Gasteiger partial charge is 0.292 e. The zero-order valence-electron chi connectivity index (χ0n) is 14.9. The molecule has 1 aliphatic rings. The first-order valence-electron chi connectivity index (χ1n) is 8.34. The van der Waals surface area contributed by atoms with Crippen LogP contribution in [0.15, 0.2) is 48.5 Å². The van der Waals surface area contributed by atoms with E-state index in [1.165, 1.54) is 14.2 Å². The Labute approximate surface area is 160 Å². The van der Waals surface area contributed by atoms with Crippen molar-refractivity contribution >= 4 is 38.9 Å². The summed E-state index contributed by atoms with van der Waals surface area (Å²) in [7, 11) is 2.82. The second-order valence-electron chi connectivity index (χ2n) is 6.26. The molecule has 2 amide bonds. The minimum atomic E-state index is -1.59. The number of thiophene rings is 1. The maximum Gasteiger partial charge on any atom is 0.292 e. The van der Waals surface area contributed by atoms with Crippen LogP contribution in [0.4, 0.5) is 5.69 Å². The lowest BCUT2D eigenvalue weighted by Crippen LogP contribution is -2.42. The van der Waals surface area contributed by atoms with Crippen molar-refractivity contribution in [1.82, 2.24) is 0 Å². The van der Waals surface area contributed by atoms with Crippen molar-refractivity contribution in [3.8, 4) is 0 Å². The number of hydrogen-bond acceptors (Lipinski definition) is 5. The molecular formula is C20H18N2O4S. The van der Waals surface area contributed by atoms with E-state index in [4.69, 9.17) is 15.2 Å². The number of methoxy groups -OCH3 is 2. The normalized spacial score (nSPS) is 15.3. The van der Waals surface area contributed by atoms with Gasteiger partial charge in [-0.25, -0.2) is 0 Å². The van der Waals surface area contributed by atoms with Gasteiger partial charge >= 0.3 is 0 Å². The van der Waals surface area contributed by atoms with Crippen molar-refractivity contribution < 1.29 is 19.1 Å². The minimum Gasteiger partial charge on any atom is -0.366 e. The summed E-state index contributed by atoms with van der Waals surface area (Å²) in [5, 5.41) is 1.14. The lowest BCUT2D eigenvalue weighted by molar-refractivity contribution is -0.209. The molecule has 2 N–H and O–H groups in total. The quantitative estimate of drug-likeness (QED) is 0.688. The third-order valence-electron chi connectivity index (χ3n) is 4.82. The van der Waals surface area contributed by atoms with Crippen LogP contribution in [0.2, 0.25) is 0 Å². The number of nitrogens with zero attached hydrogens (tertiary/aromatic N) is 1. The number of carbonyl (C=O) groups excluding carboxylic acids is 2. The van der Waals surface area contributed by atoms with Crippen LogP contribution < -0.4 is 10.6 Å². The van der Waals surface area contributed by atoms with E-state index < -0.39 is 11.7 Å². The molecule has 0 spiro atoms. The number of rotatable bonds is 5. The van der Waals surface area contributed by atoms with Crippen LogP contribution in [-0.4, -0.2) is 26.0 Å². The molecule has 0 radical (unpaired) electrons. The Morgan fingerprint density at radius 1 is 1.15 bits per heavy atom. The zero-order chi connectivity index (χ0) is 19.2. The number of amides is 2. The van der Waals surface area contributed by atoms with E-state index in [0.29, 0.717) is 23.4 Å². The predicted octanol–water partition coefficient (Wildman–Crippen LogP) is 2.99. The van der Waals surface area contributed by atoms with Crippen molar-refractivity contribution in [1.29, 1.82) is 0 Å². The van der Waals surface area contributed by atoms with E-state index in [2.05, 4.69) is 12.1 Å². The summed E-state index contributed by atoms with van der Waals surface area (Å²) >= 11 is 1.63. The maximum atomic E-state index is 13.2. The molecule has 7 heteroatoms. The fraction of sp³-hybridized carbons (Fsp3) is 0.200. The molecule has 1 aromatic heterocycles.